The first-order valence-corrected chi connectivity index (χ1v) is 10.6. The number of hydrogen-bond acceptors (Lipinski definition) is 7. The average molecular weight is 466 g/mol. The Labute approximate surface area is 186 Å². The van der Waals surface area contributed by atoms with Gasteiger partial charge in [-0.05, 0) is 53.2 Å². The zero-order valence-corrected chi connectivity index (χ0v) is 17.9. The van der Waals surface area contributed by atoms with Crippen LogP contribution in [0.15, 0.2) is 59.8 Å². The van der Waals surface area contributed by atoms with Gasteiger partial charge in [0.1, 0.15) is 5.75 Å². The lowest BCUT2D eigenvalue weighted by Crippen LogP contribution is -2.29. The summed E-state index contributed by atoms with van der Waals surface area (Å²) in [6, 6.07) is 15.1. The fraction of sp³-hybridized carbons (Fsp3) is 0.300. The Hall–Kier alpha value is -3.28. The number of halogens is 3. The minimum atomic E-state index is -4.76. The van der Waals surface area contributed by atoms with E-state index in [4.69, 9.17) is 0 Å². The lowest BCUT2D eigenvalue weighted by atomic mass is 10.3. The van der Waals surface area contributed by atoms with Gasteiger partial charge >= 0.3 is 6.36 Å². The van der Waals surface area contributed by atoms with Gasteiger partial charge in [-0.15, -0.1) is 18.3 Å². The second-order valence-corrected chi connectivity index (χ2v) is 7.61. The van der Waals surface area contributed by atoms with Gasteiger partial charge in [-0.3, -0.25) is 4.79 Å². The van der Waals surface area contributed by atoms with Crippen molar-refractivity contribution in [3.63, 3.8) is 0 Å². The first kappa shape index (κ1) is 23.4. The number of nitrogens with one attached hydrogen (secondary N) is 1. The zero-order chi connectivity index (χ0) is 23.0. The van der Waals surface area contributed by atoms with Crippen LogP contribution in [0.25, 0.3) is 5.69 Å². The van der Waals surface area contributed by atoms with Crippen LogP contribution in [0, 0.1) is 0 Å². The number of ether oxygens (including phenoxy) is 1. The van der Waals surface area contributed by atoms with Crippen LogP contribution in [0.2, 0.25) is 0 Å². The van der Waals surface area contributed by atoms with Gasteiger partial charge in [0.2, 0.25) is 11.1 Å². The molecule has 1 N–H and O–H groups in total. The molecule has 0 bridgehead atoms. The average Bonchev–Trinajstić information content (AvgIpc) is 3.24. The van der Waals surface area contributed by atoms with Crippen molar-refractivity contribution in [1.29, 1.82) is 0 Å². The summed E-state index contributed by atoms with van der Waals surface area (Å²) in [7, 11) is 1.99. The molecule has 8 nitrogen and oxygen atoms in total. The highest BCUT2D eigenvalue weighted by atomic mass is 32.2. The maximum atomic E-state index is 12.3. The van der Waals surface area contributed by atoms with Crippen molar-refractivity contribution in [2.45, 2.75) is 17.9 Å². The van der Waals surface area contributed by atoms with Crippen LogP contribution in [0.4, 0.5) is 18.9 Å². The summed E-state index contributed by atoms with van der Waals surface area (Å²) in [5.74, 6) is -0.411. The quantitative estimate of drug-likeness (QED) is 0.363. The van der Waals surface area contributed by atoms with Gasteiger partial charge in [-0.1, -0.05) is 30.0 Å². The molecule has 0 aliphatic carbocycles. The maximum absolute atomic E-state index is 12.3. The highest BCUT2D eigenvalue weighted by molar-refractivity contribution is 7.99. The smallest absolute Gasteiger partial charge is 0.406 e. The van der Waals surface area contributed by atoms with Crippen LogP contribution >= 0.6 is 11.8 Å². The molecule has 0 unspecified atom stereocenters. The molecular weight excluding hydrogens is 445 g/mol. The Morgan fingerprint density at radius 1 is 1.16 bits per heavy atom. The number of carbonyl (C=O) groups excluding carboxylic acids is 1. The third-order valence-electron chi connectivity index (χ3n) is 4.28. The Bertz CT molecular complexity index is 999. The summed E-state index contributed by atoms with van der Waals surface area (Å²) in [5, 5.41) is 14.5. The molecule has 12 heteroatoms. The molecule has 2 aromatic carbocycles. The van der Waals surface area contributed by atoms with Gasteiger partial charge in [0.05, 0.1) is 11.4 Å². The van der Waals surface area contributed by atoms with E-state index in [1.165, 1.54) is 16.8 Å². The number of benzene rings is 2. The molecule has 0 atom stereocenters. The molecule has 1 heterocycles. The van der Waals surface area contributed by atoms with Crippen molar-refractivity contribution in [2.24, 2.45) is 0 Å². The molecule has 0 radical (unpaired) electrons. The summed E-state index contributed by atoms with van der Waals surface area (Å²) in [4.78, 5) is 14.2. The van der Waals surface area contributed by atoms with Crippen LogP contribution in [-0.4, -0.2) is 58.4 Å². The van der Waals surface area contributed by atoms with Crippen LogP contribution in [0.5, 0.6) is 5.75 Å². The SMILES string of the molecule is CN(CCCNC(=O)CSc1nnnn1-c1ccc(OC(F)(F)F)cc1)c1ccccc1. The summed E-state index contributed by atoms with van der Waals surface area (Å²) in [6.07, 6.45) is -3.98. The molecule has 0 aliphatic heterocycles. The molecule has 32 heavy (non-hydrogen) atoms. The van der Waals surface area contributed by atoms with E-state index in [1.54, 1.807) is 0 Å². The number of thioether (sulfide) groups is 1. The molecule has 170 valence electrons. The number of carbonyl (C=O) groups is 1. The molecular formula is C20H21F3N6O2S. The fourth-order valence-electron chi connectivity index (χ4n) is 2.76. The number of tetrazole rings is 1. The van der Waals surface area contributed by atoms with Crippen molar-refractivity contribution in [1.82, 2.24) is 25.5 Å². The van der Waals surface area contributed by atoms with E-state index in [-0.39, 0.29) is 17.4 Å². The van der Waals surface area contributed by atoms with E-state index in [0.717, 1.165) is 42.5 Å². The Kier molecular flexibility index (Phi) is 7.92. The normalized spacial score (nSPS) is 11.2. The molecule has 1 aromatic heterocycles. The molecule has 3 rings (SSSR count). The third-order valence-corrected chi connectivity index (χ3v) is 5.20. The van der Waals surface area contributed by atoms with Crippen LogP contribution in [0.3, 0.4) is 0 Å². The minimum absolute atomic E-state index is 0.101. The predicted octanol–water partition coefficient (Wildman–Crippen LogP) is 3.30. The number of aromatic nitrogens is 4. The first-order chi connectivity index (χ1) is 15.3. The maximum Gasteiger partial charge on any atom is 0.573 e. The Morgan fingerprint density at radius 3 is 2.56 bits per heavy atom. The van der Waals surface area contributed by atoms with Gasteiger partial charge in [0.25, 0.3) is 0 Å². The van der Waals surface area contributed by atoms with E-state index in [2.05, 4.69) is 30.5 Å². The van der Waals surface area contributed by atoms with Crippen molar-refractivity contribution >= 4 is 23.4 Å². The predicted molar refractivity (Wildman–Crippen MR) is 114 cm³/mol. The van der Waals surface area contributed by atoms with Gasteiger partial charge in [-0.25, -0.2) is 0 Å². The number of alkyl halides is 3. The van der Waals surface area contributed by atoms with Crippen molar-refractivity contribution in [3.05, 3.63) is 54.6 Å². The van der Waals surface area contributed by atoms with E-state index in [0.29, 0.717) is 17.4 Å². The van der Waals surface area contributed by atoms with E-state index in [1.807, 2.05) is 37.4 Å². The molecule has 0 spiro atoms. The number of rotatable bonds is 10. The molecule has 0 aliphatic rings. The standard InChI is InChI=1S/C20H21F3N6O2S/c1-28(15-6-3-2-4-7-15)13-5-12-24-18(30)14-32-19-25-26-27-29(19)16-8-10-17(11-9-16)31-20(21,22)23/h2-4,6-11H,5,12-14H2,1H3,(H,24,30). The number of amides is 1. The van der Waals surface area contributed by atoms with E-state index < -0.39 is 6.36 Å². The first-order valence-electron chi connectivity index (χ1n) is 9.62. The molecule has 0 saturated carbocycles. The van der Waals surface area contributed by atoms with Crippen LogP contribution < -0.4 is 15.0 Å². The molecule has 1 amide bonds. The zero-order valence-electron chi connectivity index (χ0n) is 17.1. The second kappa shape index (κ2) is 10.8. The summed E-state index contributed by atoms with van der Waals surface area (Å²) < 4.78 is 42.0. The van der Waals surface area contributed by atoms with Crippen molar-refractivity contribution in [2.75, 3.05) is 30.8 Å². The minimum Gasteiger partial charge on any atom is -0.406 e. The summed E-state index contributed by atoms with van der Waals surface area (Å²) >= 11 is 1.13. The van der Waals surface area contributed by atoms with Crippen LogP contribution in [-0.2, 0) is 4.79 Å². The molecule has 0 fully saturated rings. The summed E-state index contributed by atoms with van der Waals surface area (Å²) in [6.45, 7) is 1.33. The monoisotopic (exact) mass is 466 g/mol. The third kappa shape index (κ3) is 7.15. The Balaban J connectivity index is 1.43. The molecule has 3 aromatic rings. The van der Waals surface area contributed by atoms with Gasteiger partial charge in [0, 0.05) is 25.8 Å². The summed E-state index contributed by atoms with van der Waals surface area (Å²) in [5.41, 5.74) is 1.55. The lowest BCUT2D eigenvalue weighted by Gasteiger charge is -2.19. The van der Waals surface area contributed by atoms with Gasteiger partial charge in [0.15, 0.2) is 0 Å². The number of nitrogens with zero attached hydrogens (tertiary/aromatic N) is 5. The highest BCUT2D eigenvalue weighted by Gasteiger charge is 2.31. The number of para-hydroxylation sites is 1. The van der Waals surface area contributed by atoms with E-state index in [9.17, 15) is 18.0 Å². The topological polar surface area (TPSA) is 85.2 Å². The van der Waals surface area contributed by atoms with Crippen LogP contribution in [0.1, 0.15) is 6.42 Å². The van der Waals surface area contributed by atoms with Crippen molar-refractivity contribution < 1.29 is 22.7 Å². The largest absolute Gasteiger partial charge is 0.573 e. The van der Waals surface area contributed by atoms with Gasteiger partial charge < -0.3 is 15.0 Å². The lowest BCUT2D eigenvalue weighted by molar-refractivity contribution is -0.274. The molecule has 0 saturated heterocycles. The number of anilines is 1. The Morgan fingerprint density at radius 2 is 1.88 bits per heavy atom. The number of hydrogen-bond donors (Lipinski definition) is 1. The van der Waals surface area contributed by atoms with Gasteiger partial charge in [-0.2, -0.15) is 4.68 Å². The fourth-order valence-corrected chi connectivity index (χ4v) is 3.48. The highest BCUT2D eigenvalue weighted by Crippen LogP contribution is 2.25. The van der Waals surface area contributed by atoms with E-state index >= 15 is 0 Å². The van der Waals surface area contributed by atoms with Crippen molar-refractivity contribution in [3.8, 4) is 11.4 Å². The second-order valence-electron chi connectivity index (χ2n) is 6.66.